The van der Waals surface area contributed by atoms with Crippen molar-refractivity contribution >= 4 is 11.9 Å². The summed E-state index contributed by atoms with van der Waals surface area (Å²) in [4.78, 5) is 22.6. The van der Waals surface area contributed by atoms with E-state index in [2.05, 4.69) is 6.07 Å². The molecule has 109 valence electrons. The summed E-state index contributed by atoms with van der Waals surface area (Å²) in [6.45, 7) is 3.86. The van der Waals surface area contributed by atoms with Crippen LogP contribution in [0.25, 0.3) is 0 Å². The average molecular weight is 277 g/mol. The van der Waals surface area contributed by atoms with Gasteiger partial charge in [0.2, 0.25) is 0 Å². The first kappa shape index (κ1) is 16.2. The maximum absolute atomic E-state index is 11.3. The zero-order valence-corrected chi connectivity index (χ0v) is 11.9. The van der Waals surface area contributed by atoms with Gasteiger partial charge in [-0.15, -0.1) is 0 Å². The molecule has 0 aliphatic heterocycles. The van der Waals surface area contributed by atoms with Crippen molar-refractivity contribution in [3.05, 3.63) is 35.4 Å². The van der Waals surface area contributed by atoms with Crippen LogP contribution in [-0.4, -0.2) is 22.2 Å². The van der Waals surface area contributed by atoms with Crippen LogP contribution in [0.2, 0.25) is 0 Å². The van der Waals surface area contributed by atoms with Crippen LogP contribution in [0.15, 0.2) is 18.2 Å². The molecule has 4 heteroatoms. The second-order valence-corrected chi connectivity index (χ2v) is 4.96. The summed E-state index contributed by atoms with van der Waals surface area (Å²) in [7, 11) is 0. The number of hydrogen-bond acceptors (Lipinski definition) is 2. The lowest BCUT2D eigenvalue weighted by molar-refractivity contribution is -0.139. The minimum Gasteiger partial charge on any atom is -0.481 e. The number of hydrogen-bond donors (Lipinski definition) is 2. The second-order valence-electron chi connectivity index (χ2n) is 4.96. The molecule has 1 aromatic rings. The Balaban J connectivity index is 3.10. The van der Waals surface area contributed by atoms with E-state index in [-0.39, 0.29) is 0 Å². The van der Waals surface area contributed by atoms with E-state index in [0.29, 0.717) is 24.0 Å². The highest BCUT2D eigenvalue weighted by Gasteiger charge is 2.23. The predicted octanol–water partition coefficient (Wildman–Crippen LogP) is 3.42. The molecule has 0 heterocycles. The Morgan fingerprint density at radius 2 is 1.40 bits per heavy atom. The SMILES string of the molecule is CCCC(C(=O)O)c1c[c]cc(C(CCC)C(=O)O)c1. The Morgan fingerprint density at radius 1 is 1.00 bits per heavy atom. The Bertz CT molecular complexity index is 428. The predicted molar refractivity (Wildman–Crippen MR) is 75.8 cm³/mol. The summed E-state index contributed by atoms with van der Waals surface area (Å²) in [6.07, 6.45) is 2.60. The molecule has 0 aliphatic rings. The first-order valence-corrected chi connectivity index (χ1v) is 6.97. The van der Waals surface area contributed by atoms with Crippen molar-refractivity contribution in [1.29, 1.82) is 0 Å². The van der Waals surface area contributed by atoms with Gasteiger partial charge in [0.25, 0.3) is 0 Å². The maximum Gasteiger partial charge on any atom is 0.310 e. The average Bonchev–Trinajstić information content (AvgIpc) is 2.41. The molecule has 0 aromatic heterocycles. The van der Waals surface area contributed by atoms with Gasteiger partial charge in [-0.25, -0.2) is 0 Å². The van der Waals surface area contributed by atoms with E-state index in [1.165, 1.54) is 0 Å². The topological polar surface area (TPSA) is 74.6 Å². The molecule has 1 rings (SSSR count). The van der Waals surface area contributed by atoms with E-state index in [9.17, 15) is 19.8 Å². The molecule has 2 atom stereocenters. The zero-order valence-electron chi connectivity index (χ0n) is 11.9. The first-order valence-electron chi connectivity index (χ1n) is 6.97. The van der Waals surface area contributed by atoms with Crippen LogP contribution in [0.4, 0.5) is 0 Å². The third kappa shape index (κ3) is 4.08. The van der Waals surface area contributed by atoms with E-state index in [0.717, 1.165) is 12.8 Å². The second kappa shape index (κ2) is 7.68. The molecule has 0 amide bonds. The van der Waals surface area contributed by atoms with Crippen LogP contribution >= 0.6 is 0 Å². The summed E-state index contributed by atoms with van der Waals surface area (Å²) in [5, 5.41) is 18.5. The van der Waals surface area contributed by atoms with E-state index in [1.54, 1.807) is 18.2 Å². The molecule has 20 heavy (non-hydrogen) atoms. The smallest absolute Gasteiger partial charge is 0.310 e. The molecule has 1 aromatic carbocycles. The number of aliphatic carboxylic acids is 2. The number of rotatable bonds is 8. The van der Waals surface area contributed by atoms with Crippen molar-refractivity contribution < 1.29 is 19.8 Å². The number of carboxylic acids is 2. The van der Waals surface area contributed by atoms with Crippen LogP contribution in [0.3, 0.4) is 0 Å². The van der Waals surface area contributed by atoms with E-state index in [1.807, 2.05) is 13.8 Å². The van der Waals surface area contributed by atoms with E-state index in [4.69, 9.17) is 0 Å². The van der Waals surface area contributed by atoms with Crippen LogP contribution in [-0.2, 0) is 9.59 Å². The van der Waals surface area contributed by atoms with Gasteiger partial charge in [-0.3, -0.25) is 9.59 Å². The monoisotopic (exact) mass is 277 g/mol. The van der Waals surface area contributed by atoms with Crippen LogP contribution < -0.4 is 0 Å². The standard InChI is InChI=1S/C16H21O4/c1-3-6-13(15(17)18)11-8-5-9-12(10-11)14(7-4-2)16(19)20/h8-10,13-14H,3-4,6-7H2,1-2H3,(H,17,18)(H,19,20). The molecule has 0 saturated carbocycles. The van der Waals surface area contributed by atoms with Gasteiger partial charge in [-0.05, 0) is 30.0 Å². The third-order valence-corrected chi connectivity index (χ3v) is 3.39. The van der Waals surface area contributed by atoms with Gasteiger partial charge in [-0.1, -0.05) is 44.9 Å². The Kier molecular flexibility index (Phi) is 6.22. The Hall–Kier alpha value is -1.84. The summed E-state index contributed by atoms with van der Waals surface area (Å²) in [5.41, 5.74) is 1.28. The molecule has 0 aliphatic carbocycles. The first-order chi connectivity index (χ1) is 9.51. The molecule has 1 radical (unpaired) electrons. The summed E-state index contributed by atoms with van der Waals surface area (Å²) < 4.78 is 0. The molecular weight excluding hydrogens is 256 g/mol. The Morgan fingerprint density at radius 3 is 1.70 bits per heavy atom. The minimum absolute atomic E-state index is 0.540. The van der Waals surface area contributed by atoms with Gasteiger partial charge < -0.3 is 10.2 Å². The molecular formula is C16H21O4. The van der Waals surface area contributed by atoms with Crippen molar-refractivity contribution in [3.63, 3.8) is 0 Å². The normalized spacial score (nSPS) is 13.7. The van der Waals surface area contributed by atoms with Gasteiger partial charge in [0.05, 0.1) is 11.8 Å². The summed E-state index contributed by atoms with van der Waals surface area (Å²) in [5.74, 6) is -2.93. The van der Waals surface area contributed by atoms with E-state index < -0.39 is 23.8 Å². The molecule has 0 bridgehead atoms. The van der Waals surface area contributed by atoms with Crippen molar-refractivity contribution in [2.24, 2.45) is 0 Å². The highest BCUT2D eigenvalue weighted by Crippen LogP contribution is 2.27. The molecule has 2 N–H and O–H groups in total. The quantitative estimate of drug-likeness (QED) is 0.763. The third-order valence-electron chi connectivity index (χ3n) is 3.39. The highest BCUT2D eigenvalue weighted by molar-refractivity contribution is 5.78. The van der Waals surface area contributed by atoms with Crippen LogP contribution in [0.5, 0.6) is 0 Å². The van der Waals surface area contributed by atoms with Crippen molar-refractivity contribution in [1.82, 2.24) is 0 Å². The number of benzene rings is 1. The largest absolute Gasteiger partial charge is 0.481 e. The van der Waals surface area contributed by atoms with Gasteiger partial charge in [0.1, 0.15) is 0 Å². The van der Waals surface area contributed by atoms with Crippen molar-refractivity contribution in [2.75, 3.05) is 0 Å². The molecule has 4 nitrogen and oxygen atoms in total. The number of carboxylic acid groups (broad SMARTS) is 2. The highest BCUT2D eigenvalue weighted by atomic mass is 16.4. The fraction of sp³-hybridized carbons (Fsp3) is 0.500. The van der Waals surface area contributed by atoms with Crippen molar-refractivity contribution in [3.8, 4) is 0 Å². The fourth-order valence-electron chi connectivity index (χ4n) is 2.36. The molecule has 2 unspecified atom stereocenters. The molecule has 0 saturated heterocycles. The minimum atomic E-state index is -0.875. The summed E-state index contributed by atoms with van der Waals surface area (Å²) in [6, 6.07) is 7.88. The van der Waals surface area contributed by atoms with Gasteiger partial charge in [0.15, 0.2) is 0 Å². The lowest BCUT2D eigenvalue weighted by Crippen LogP contribution is -2.14. The van der Waals surface area contributed by atoms with E-state index >= 15 is 0 Å². The summed E-state index contributed by atoms with van der Waals surface area (Å²) >= 11 is 0. The lowest BCUT2D eigenvalue weighted by Gasteiger charge is -2.16. The molecule has 0 spiro atoms. The van der Waals surface area contributed by atoms with Crippen molar-refractivity contribution in [2.45, 2.75) is 51.4 Å². The zero-order chi connectivity index (χ0) is 15.1. The Labute approximate surface area is 119 Å². The number of carbonyl (C=O) groups is 2. The van der Waals surface area contributed by atoms with Crippen LogP contribution in [0.1, 0.15) is 62.5 Å². The molecule has 0 fully saturated rings. The van der Waals surface area contributed by atoms with Crippen LogP contribution in [0, 0.1) is 6.07 Å². The maximum atomic E-state index is 11.3. The lowest BCUT2D eigenvalue weighted by atomic mass is 9.88. The fourth-order valence-corrected chi connectivity index (χ4v) is 2.36. The van der Waals surface area contributed by atoms with Gasteiger partial charge >= 0.3 is 11.9 Å². The van der Waals surface area contributed by atoms with Gasteiger partial charge in [0, 0.05) is 0 Å². The van der Waals surface area contributed by atoms with Gasteiger partial charge in [-0.2, -0.15) is 0 Å².